The van der Waals surface area contributed by atoms with Crippen molar-refractivity contribution in [1.82, 2.24) is 14.9 Å². The molecule has 1 aliphatic heterocycles. The normalized spacial score (nSPS) is 14.6. The highest BCUT2D eigenvalue weighted by molar-refractivity contribution is 6.04. The number of amides is 2. The zero-order valence-electron chi connectivity index (χ0n) is 18.1. The van der Waals surface area contributed by atoms with Gasteiger partial charge in [0.1, 0.15) is 29.1 Å². The van der Waals surface area contributed by atoms with E-state index in [1.54, 1.807) is 11.4 Å². The number of benzene rings is 1. The molecule has 0 unspecified atom stereocenters. The van der Waals surface area contributed by atoms with Crippen LogP contribution in [0.1, 0.15) is 23.7 Å². The fourth-order valence-corrected chi connectivity index (χ4v) is 3.66. The first-order chi connectivity index (χ1) is 16.5. The van der Waals surface area contributed by atoms with Crippen molar-refractivity contribution in [1.29, 1.82) is 0 Å². The highest BCUT2D eigenvalue weighted by Gasteiger charge is 2.39. The molecule has 7 nitrogen and oxygen atoms in total. The van der Waals surface area contributed by atoms with Gasteiger partial charge >= 0.3 is 6.18 Å². The summed E-state index contributed by atoms with van der Waals surface area (Å²) >= 11 is 0. The second-order valence-corrected chi connectivity index (χ2v) is 7.71. The Bertz CT molecular complexity index is 1430. The lowest BCUT2D eigenvalue weighted by atomic mass is 10.1. The monoisotopic (exact) mass is 492 g/mol. The van der Waals surface area contributed by atoms with Crippen LogP contribution in [-0.2, 0) is 4.79 Å². The molecule has 0 saturated heterocycles. The van der Waals surface area contributed by atoms with Gasteiger partial charge in [0.2, 0.25) is 5.43 Å². The minimum atomic E-state index is -4.75. The van der Waals surface area contributed by atoms with Crippen LogP contribution in [0.5, 0.6) is 0 Å². The van der Waals surface area contributed by atoms with Crippen LogP contribution in [0.15, 0.2) is 53.5 Å². The summed E-state index contributed by atoms with van der Waals surface area (Å²) in [5.74, 6) is -3.56. The minimum absolute atomic E-state index is 0.114. The number of fused-ring (bicyclic) bond motifs is 1. The first-order valence-corrected chi connectivity index (χ1v) is 10.4. The quantitative estimate of drug-likeness (QED) is 0.552. The zero-order chi connectivity index (χ0) is 25.5. The number of pyridine rings is 2. The van der Waals surface area contributed by atoms with E-state index in [1.165, 1.54) is 30.0 Å². The van der Waals surface area contributed by atoms with Crippen molar-refractivity contribution in [2.45, 2.75) is 25.6 Å². The van der Waals surface area contributed by atoms with Gasteiger partial charge < -0.3 is 5.32 Å². The zero-order valence-corrected chi connectivity index (χ0v) is 18.1. The molecule has 0 fully saturated rings. The summed E-state index contributed by atoms with van der Waals surface area (Å²) in [6, 6.07) is 2.87. The van der Waals surface area contributed by atoms with Crippen molar-refractivity contribution in [2.24, 2.45) is 0 Å². The molecule has 2 aromatic heterocycles. The van der Waals surface area contributed by atoms with E-state index in [1.807, 2.05) is 0 Å². The van der Waals surface area contributed by atoms with Crippen LogP contribution in [0.25, 0.3) is 16.7 Å². The van der Waals surface area contributed by atoms with Gasteiger partial charge in [0.15, 0.2) is 5.65 Å². The van der Waals surface area contributed by atoms with Crippen molar-refractivity contribution in [3.05, 3.63) is 76.1 Å². The molecule has 12 heteroatoms. The Morgan fingerprint density at radius 3 is 2.51 bits per heavy atom. The fourth-order valence-electron chi connectivity index (χ4n) is 3.66. The Balaban J connectivity index is 1.93. The van der Waals surface area contributed by atoms with Gasteiger partial charge in [-0.15, -0.1) is 0 Å². The number of carbonyl (C=O) groups excluding carboxylic acids is 2. The molecular formula is C23H17F5N4O3. The third kappa shape index (κ3) is 4.51. The van der Waals surface area contributed by atoms with Crippen LogP contribution in [0.3, 0.4) is 0 Å². The third-order valence-electron chi connectivity index (χ3n) is 5.45. The average molecular weight is 492 g/mol. The molecule has 1 aromatic carbocycles. The number of carbonyl (C=O) groups is 2. The second-order valence-electron chi connectivity index (χ2n) is 7.71. The Morgan fingerprint density at radius 1 is 1.17 bits per heavy atom. The molecule has 0 radical (unpaired) electrons. The lowest BCUT2D eigenvalue weighted by Crippen LogP contribution is -2.46. The molecular weight excluding hydrogens is 475 g/mol. The maximum absolute atomic E-state index is 14.7. The van der Waals surface area contributed by atoms with E-state index in [9.17, 15) is 36.3 Å². The molecule has 0 aliphatic carbocycles. The maximum Gasteiger partial charge on any atom is 0.408 e. The van der Waals surface area contributed by atoms with E-state index in [0.29, 0.717) is 6.07 Å². The van der Waals surface area contributed by atoms with Gasteiger partial charge in [-0.05, 0) is 30.7 Å². The lowest BCUT2D eigenvalue weighted by Gasteiger charge is -2.21. The van der Waals surface area contributed by atoms with Gasteiger partial charge in [0.25, 0.3) is 11.8 Å². The molecule has 0 spiro atoms. The summed E-state index contributed by atoms with van der Waals surface area (Å²) in [7, 11) is 0. The Hall–Kier alpha value is -4.09. The number of aromatic nitrogens is 2. The van der Waals surface area contributed by atoms with Gasteiger partial charge in [-0.1, -0.05) is 13.0 Å². The van der Waals surface area contributed by atoms with E-state index in [0.717, 1.165) is 22.9 Å². The molecule has 1 atom stereocenters. The lowest BCUT2D eigenvalue weighted by molar-refractivity contribution is -0.153. The maximum atomic E-state index is 14.7. The van der Waals surface area contributed by atoms with Crippen LogP contribution in [-0.4, -0.2) is 40.1 Å². The smallest absolute Gasteiger partial charge is 0.340 e. The van der Waals surface area contributed by atoms with Crippen LogP contribution in [0, 0.1) is 11.6 Å². The van der Waals surface area contributed by atoms with Gasteiger partial charge in [-0.3, -0.25) is 23.9 Å². The van der Waals surface area contributed by atoms with Crippen LogP contribution >= 0.6 is 0 Å². The highest BCUT2D eigenvalue weighted by Crippen LogP contribution is 2.25. The van der Waals surface area contributed by atoms with Crippen LogP contribution < -0.4 is 15.6 Å². The number of nitrogens with zero attached hydrogens (tertiary/aromatic N) is 3. The van der Waals surface area contributed by atoms with Crippen molar-refractivity contribution in [3.8, 4) is 5.69 Å². The molecule has 0 bridgehead atoms. The number of nitrogens with one attached hydrogen (secondary N) is 1. The summed E-state index contributed by atoms with van der Waals surface area (Å²) < 4.78 is 68.7. The van der Waals surface area contributed by atoms with Crippen molar-refractivity contribution in [3.63, 3.8) is 0 Å². The number of anilines is 1. The summed E-state index contributed by atoms with van der Waals surface area (Å²) in [6.45, 7) is 1.41. The predicted molar refractivity (Wildman–Crippen MR) is 116 cm³/mol. The highest BCUT2D eigenvalue weighted by atomic mass is 19.4. The molecule has 2 amide bonds. The first kappa shape index (κ1) is 24.0. The molecule has 4 rings (SSSR count). The summed E-state index contributed by atoms with van der Waals surface area (Å²) in [5.41, 5.74) is -2.14. The summed E-state index contributed by atoms with van der Waals surface area (Å²) in [6.07, 6.45) is -1.49. The number of alkyl halides is 3. The van der Waals surface area contributed by atoms with E-state index >= 15 is 0 Å². The molecule has 3 aromatic rings. The minimum Gasteiger partial charge on any atom is -0.340 e. The molecule has 1 N–H and O–H groups in total. The molecule has 0 saturated carbocycles. The Morgan fingerprint density at radius 2 is 1.91 bits per heavy atom. The molecule has 1 aliphatic rings. The first-order valence-electron chi connectivity index (χ1n) is 10.4. The predicted octanol–water partition coefficient (Wildman–Crippen LogP) is 3.64. The summed E-state index contributed by atoms with van der Waals surface area (Å²) in [4.78, 5) is 43.4. The number of rotatable bonds is 5. The van der Waals surface area contributed by atoms with Crippen molar-refractivity contribution >= 4 is 28.7 Å². The summed E-state index contributed by atoms with van der Waals surface area (Å²) in [5, 5.41) is 1.56. The van der Waals surface area contributed by atoms with Crippen molar-refractivity contribution < 1.29 is 31.5 Å². The molecule has 35 heavy (non-hydrogen) atoms. The van der Waals surface area contributed by atoms with Gasteiger partial charge in [0.05, 0.1) is 11.1 Å². The standard InChI is InChI=1S/C23H17F5N4O3/c1-2-17(23(26,27)28)29-22(35)14-11-32(16-7-5-12(24)10-15(16)25)21-13(20(14)34)6-8-18(30-21)31-9-3-4-19(31)33/h3-8,10-11,17H,2,9H2,1H3,(H,29,35)/t17-/m0/s1. The average Bonchev–Trinajstić information content (AvgIpc) is 3.23. The van der Waals surface area contributed by atoms with Crippen molar-refractivity contribution in [2.75, 3.05) is 11.4 Å². The number of hydrogen-bond donors (Lipinski definition) is 1. The third-order valence-corrected chi connectivity index (χ3v) is 5.45. The number of halogens is 5. The SMILES string of the molecule is CC[C@H](NC(=O)c1cn(-c2ccc(F)cc2F)c2nc(N3CC=CC3=O)ccc2c1=O)C(F)(F)F. The molecule has 3 heterocycles. The Kier molecular flexibility index (Phi) is 6.14. The second kappa shape index (κ2) is 8.93. The van der Waals surface area contributed by atoms with Gasteiger partial charge in [-0.25, -0.2) is 13.8 Å². The number of hydrogen-bond acceptors (Lipinski definition) is 4. The van der Waals surface area contributed by atoms with Crippen LogP contribution in [0.2, 0.25) is 0 Å². The van der Waals surface area contributed by atoms with Gasteiger partial charge in [-0.2, -0.15) is 13.2 Å². The van der Waals surface area contributed by atoms with E-state index in [-0.39, 0.29) is 35.0 Å². The fraction of sp³-hybridized carbons (Fsp3) is 0.217. The Labute approximate surface area is 194 Å². The van der Waals surface area contributed by atoms with Gasteiger partial charge in [0, 0.05) is 24.9 Å². The van der Waals surface area contributed by atoms with E-state index in [2.05, 4.69) is 4.98 Å². The molecule has 182 valence electrons. The topological polar surface area (TPSA) is 84.3 Å². The largest absolute Gasteiger partial charge is 0.408 e. The van der Waals surface area contributed by atoms with E-state index in [4.69, 9.17) is 0 Å². The van der Waals surface area contributed by atoms with E-state index < -0.39 is 47.2 Å². The van der Waals surface area contributed by atoms with Crippen LogP contribution in [0.4, 0.5) is 27.8 Å².